The van der Waals surface area contributed by atoms with Crippen LogP contribution < -0.4 is 5.32 Å². The van der Waals surface area contributed by atoms with Crippen LogP contribution in [0.15, 0.2) is 11.4 Å². The molecular weight excluding hydrogens is 322 g/mol. The van der Waals surface area contributed by atoms with E-state index >= 15 is 0 Å². The fourth-order valence-electron chi connectivity index (χ4n) is 3.30. The second-order valence-electron chi connectivity index (χ2n) is 6.79. The molecule has 24 heavy (non-hydrogen) atoms. The summed E-state index contributed by atoms with van der Waals surface area (Å²) < 4.78 is 0. The lowest BCUT2D eigenvalue weighted by Gasteiger charge is -2.34. The Hall–Kier alpha value is -2.02. The Morgan fingerprint density at radius 3 is 2.42 bits per heavy atom. The first-order valence-electron chi connectivity index (χ1n) is 8.25. The summed E-state index contributed by atoms with van der Waals surface area (Å²) in [4.78, 5) is 27.7. The molecule has 128 valence electrons. The fraction of sp³-hybridized carbons (Fsp3) is 0.529. The average Bonchev–Trinajstić information content (AvgIpc) is 2.92. The molecule has 0 aromatic carbocycles. The highest BCUT2D eigenvalue weighted by molar-refractivity contribution is 7.14. The van der Waals surface area contributed by atoms with Gasteiger partial charge >= 0.3 is 0 Å². The normalized spacial score (nSPS) is 20.9. The predicted octanol–water partition coefficient (Wildman–Crippen LogP) is 3.41. The Bertz CT molecular complexity index is 714. The van der Waals surface area contributed by atoms with E-state index in [2.05, 4.69) is 34.1 Å². The summed E-state index contributed by atoms with van der Waals surface area (Å²) in [5.74, 6) is 1.61. The third kappa shape index (κ3) is 3.90. The van der Waals surface area contributed by atoms with E-state index < -0.39 is 0 Å². The number of nitrogens with zero attached hydrogens (tertiary/aromatic N) is 4. The van der Waals surface area contributed by atoms with Crippen molar-refractivity contribution in [3.63, 3.8) is 0 Å². The summed E-state index contributed by atoms with van der Waals surface area (Å²) >= 11 is 1.40. The second-order valence-corrected chi connectivity index (χ2v) is 7.65. The van der Waals surface area contributed by atoms with Gasteiger partial charge in [0, 0.05) is 29.9 Å². The van der Waals surface area contributed by atoms with Gasteiger partial charge in [-0.3, -0.25) is 4.79 Å². The van der Waals surface area contributed by atoms with Crippen molar-refractivity contribution in [1.29, 1.82) is 0 Å². The van der Waals surface area contributed by atoms with Crippen LogP contribution in [0.25, 0.3) is 0 Å². The van der Waals surface area contributed by atoms with E-state index in [1.165, 1.54) is 17.8 Å². The van der Waals surface area contributed by atoms with Crippen LogP contribution in [0.3, 0.4) is 0 Å². The van der Waals surface area contributed by atoms with Crippen LogP contribution in [0.2, 0.25) is 0 Å². The number of hydrogen-bond donors (Lipinski definition) is 1. The van der Waals surface area contributed by atoms with Gasteiger partial charge in [0.05, 0.1) is 0 Å². The number of anilines is 2. The van der Waals surface area contributed by atoms with Crippen LogP contribution in [0.5, 0.6) is 0 Å². The lowest BCUT2D eigenvalue weighted by Crippen LogP contribution is -2.42. The first kappa shape index (κ1) is 16.8. The Balaban J connectivity index is 1.71. The molecule has 0 spiro atoms. The Labute approximate surface area is 146 Å². The van der Waals surface area contributed by atoms with Gasteiger partial charge in [-0.1, -0.05) is 13.8 Å². The van der Waals surface area contributed by atoms with Crippen LogP contribution in [0.4, 0.5) is 11.1 Å². The topological polar surface area (TPSA) is 71.0 Å². The van der Waals surface area contributed by atoms with Crippen LogP contribution in [-0.4, -0.2) is 38.8 Å². The van der Waals surface area contributed by atoms with Gasteiger partial charge in [0.1, 0.15) is 5.69 Å². The third-order valence-corrected chi connectivity index (χ3v) is 4.84. The second kappa shape index (κ2) is 6.84. The summed E-state index contributed by atoms with van der Waals surface area (Å²) in [7, 11) is 0. The summed E-state index contributed by atoms with van der Waals surface area (Å²) in [5, 5.41) is 5.54. The molecule has 1 aliphatic rings. The molecule has 1 amide bonds. The van der Waals surface area contributed by atoms with E-state index in [9.17, 15) is 4.79 Å². The van der Waals surface area contributed by atoms with Gasteiger partial charge in [0.25, 0.3) is 5.91 Å². The molecule has 7 heteroatoms. The maximum absolute atomic E-state index is 12.7. The van der Waals surface area contributed by atoms with E-state index in [0.717, 1.165) is 24.5 Å². The molecular formula is C17H23N5OS. The highest BCUT2D eigenvalue weighted by atomic mass is 32.1. The molecule has 0 saturated carbocycles. The number of carbonyl (C=O) groups is 1. The number of likely N-dealkylation sites (tertiary alicyclic amines) is 1. The van der Waals surface area contributed by atoms with Crippen molar-refractivity contribution < 1.29 is 4.79 Å². The molecule has 2 aromatic heterocycles. The maximum atomic E-state index is 12.7. The molecule has 2 atom stereocenters. The lowest BCUT2D eigenvalue weighted by molar-refractivity contribution is 0.0618. The standard InChI is InChI=1S/C17H23N5OS/c1-10-5-11(2)8-22(7-10)15(23)14-9-24-17(20-14)21-16-18-12(3)6-13(4)19-16/h6,9-11H,5,7-8H2,1-4H3,(H,18,19,20,21). The highest BCUT2D eigenvalue weighted by Crippen LogP contribution is 2.24. The predicted molar refractivity (Wildman–Crippen MR) is 95.8 cm³/mol. The number of nitrogens with one attached hydrogen (secondary N) is 1. The van der Waals surface area contributed by atoms with E-state index in [1.807, 2.05) is 24.8 Å². The van der Waals surface area contributed by atoms with Gasteiger partial charge in [-0.15, -0.1) is 11.3 Å². The van der Waals surface area contributed by atoms with E-state index in [4.69, 9.17) is 0 Å². The van der Waals surface area contributed by atoms with Crippen molar-refractivity contribution in [2.24, 2.45) is 11.8 Å². The molecule has 1 N–H and O–H groups in total. The van der Waals surface area contributed by atoms with Crippen molar-refractivity contribution in [2.45, 2.75) is 34.1 Å². The molecule has 6 nitrogen and oxygen atoms in total. The van der Waals surface area contributed by atoms with E-state index in [0.29, 0.717) is 28.6 Å². The number of amides is 1. The molecule has 0 radical (unpaired) electrons. The first-order valence-corrected chi connectivity index (χ1v) is 9.13. The minimum absolute atomic E-state index is 0.0130. The quantitative estimate of drug-likeness (QED) is 0.923. The highest BCUT2D eigenvalue weighted by Gasteiger charge is 2.27. The molecule has 0 bridgehead atoms. The van der Waals surface area contributed by atoms with E-state index in [-0.39, 0.29) is 5.91 Å². The third-order valence-electron chi connectivity index (χ3n) is 4.08. The smallest absolute Gasteiger partial charge is 0.273 e. The first-order chi connectivity index (χ1) is 11.4. The number of aromatic nitrogens is 3. The van der Waals surface area contributed by atoms with Gasteiger partial charge in [-0.25, -0.2) is 15.0 Å². The number of rotatable bonds is 3. The van der Waals surface area contributed by atoms with Crippen LogP contribution in [0.1, 0.15) is 42.1 Å². The van der Waals surface area contributed by atoms with E-state index in [1.54, 1.807) is 5.38 Å². The van der Waals surface area contributed by atoms with Crippen molar-refractivity contribution in [3.8, 4) is 0 Å². The molecule has 3 heterocycles. The average molecular weight is 345 g/mol. The van der Waals surface area contributed by atoms with Crippen molar-refractivity contribution in [2.75, 3.05) is 18.4 Å². The van der Waals surface area contributed by atoms with Crippen LogP contribution in [0, 0.1) is 25.7 Å². The maximum Gasteiger partial charge on any atom is 0.273 e. The van der Waals surface area contributed by atoms with Crippen LogP contribution >= 0.6 is 11.3 Å². The minimum atomic E-state index is 0.0130. The van der Waals surface area contributed by atoms with Gasteiger partial charge < -0.3 is 10.2 Å². The molecule has 0 aliphatic carbocycles. The van der Waals surface area contributed by atoms with Gasteiger partial charge in [-0.2, -0.15) is 0 Å². The molecule has 2 unspecified atom stereocenters. The summed E-state index contributed by atoms with van der Waals surface area (Å²) in [6, 6.07) is 1.92. The zero-order valence-electron chi connectivity index (χ0n) is 14.5. The Morgan fingerprint density at radius 1 is 1.17 bits per heavy atom. The summed E-state index contributed by atoms with van der Waals surface area (Å²) in [5.41, 5.74) is 2.29. The monoisotopic (exact) mass is 345 g/mol. The van der Waals surface area contributed by atoms with Gasteiger partial charge in [0.2, 0.25) is 5.95 Å². The molecule has 3 rings (SSSR count). The number of aryl methyl sites for hydroxylation is 2. The minimum Gasteiger partial charge on any atom is -0.337 e. The Kier molecular flexibility index (Phi) is 4.80. The molecule has 2 aromatic rings. The van der Waals surface area contributed by atoms with Crippen molar-refractivity contribution in [3.05, 3.63) is 28.5 Å². The zero-order chi connectivity index (χ0) is 17.3. The molecule has 1 fully saturated rings. The van der Waals surface area contributed by atoms with Crippen molar-refractivity contribution >= 4 is 28.3 Å². The zero-order valence-corrected chi connectivity index (χ0v) is 15.4. The number of carbonyl (C=O) groups excluding carboxylic acids is 1. The molecule has 1 aliphatic heterocycles. The van der Waals surface area contributed by atoms with Gasteiger partial charge in [-0.05, 0) is 38.2 Å². The SMILES string of the molecule is Cc1cc(C)nc(Nc2nc(C(=O)N3CC(C)CC(C)C3)cs2)n1. The summed E-state index contributed by atoms with van der Waals surface area (Å²) in [6.45, 7) is 9.86. The van der Waals surface area contributed by atoms with Gasteiger partial charge in [0.15, 0.2) is 5.13 Å². The Morgan fingerprint density at radius 2 is 1.79 bits per heavy atom. The molecule has 1 saturated heterocycles. The fourth-order valence-corrected chi connectivity index (χ4v) is 3.98. The van der Waals surface area contributed by atoms with Crippen molar-refractivity contribution in [1.82, 2.24) is 19.9 Å². The largest absolute Gasteiger partial charge is 0.337 e. The summed E-state index contributed by atoms with van der Waals surface area (Å²) in [6.07, 6.45) is 1.18. The number of piperidine rings is 1. The number of hydrogen-bond acceptors (Lipinski definition) is 6. The lowest BCUT2D eigenvalue weighted by atomic mass is 9.92. The van der Waals surface area contributed by atoms with Crippen LogP contribution in [-0.2, 0) is 0 Å². The number of thiazole rings is 1.